The van der Waals surface area contributed by atoms with Crippen LogP contribution in [0.15, 0.2) is 78.9 Å². The number of benzene rings is 4. The maximum Gasteiger partial charge on any atom is 0.124 e. The molecule has 0 saturated heterocycles. The summed E-state index contributed by atoms with van der Waals surface area (Å²) in [5.41, 5.74) is 2.93. The zero-order valence-corrected chi connectivity index (χ0v) is 18.4. The van der Waals surface area contributed by atoms with Crippen LogP contribution in [0.2, 0.25) is 15.1 Å². The van der Waals surface area contributed by atoms with Gasteiger partial charge in [0.25, 0.3) is 0 Å². The van der Waals surface area contributed by atoms with Gasteiger partial charge in [0.2, 0.25) is 0 Å². The second-order valence-corrected chi connectivity index (χ2v) is 8.17. The van der Waals surface area contributed by atoms with Gasteiger partial charge in [-0.05, 0) is 40.6 Å². The van der Waals surface area contributed by atoms with E-state index in [0.29, 0.717) is 29.7 Å². The van der Waals surface area contributed by atoms with Gasteiger partial charge in [-0.2, -0.15) is 0 Å². The molecular weight excluding hydrogens is 437 g/mol. The molecule has 0 aliphatic heterocycles. The number of rotatable bonds is 7. The quantitative estimate of drug-likeness (QED) is 0.308. The fourth-order valence-corrected chi connectivity index (χ4v) is 4.13. The molecule has 0 saturated carbocycles. The van der Waals surface area contributed by atoms with Gasteiger partial charge in [0.05, 0.1) is 0 Å². The van der Waals surface area contributed by atoms with Crippen molar-refractivity contribution in [2.45, 2.75) is 19.7 Å². The molecule has 0 aliphatic rings. The van der Waals surface area contributed by atoms with E-state index in [1.807, 2.05) is 60.7 Å². The van der Waals surface area contributed by atoms with Gasteiger partial charge in [0.1, 0.15) is 12.4 Å². The average Bonchev–Trinajstić information content (AvgIpc) is 2.75. The smallest absolute Gasteiger partial charge is 0.124 e. The molecule has 0 aromatic heterocycles. The Morgan fingerprint density at radius 3 is 2.13 bits per heavy atom. The normalized spacial score (nSPS) is 11.0. The third-order valence-electron chi connectivity index (χ3n) is 5.01. The monoisotopic (exact) mass is 455 g/mol. The van der Waals surface area contributed by atoms with E-state index in [1.165, 1.54) is 0 Å². The molecular formula is C25H20Cl3NO. The highest BCUT2D eigenvalue weighted by atomic mass is 35.5. The molecule has 4 aromatic carbocycles. The first-order valence-corrected chi connectivity index (χ1v) is 10.8. The van der Waals surface area contributed by atoms with Gasteiger partial charge < -0.3 is 10.1 Å². The maximum atomic E-state index is 6.31. The van der Waals surface area contributed by atoms with Crippen LogP contribution < -0.4 is 10.1 Å². The molecule has 0 bridgehead atoms. The lowest BCUT2D eigenvalue weighted by atomic mass is 10.0. The van der Waals surface area contributed by atoms with E-state index >= 15 is 0 Å². The molecule has 0 spiro atoms. The van der Waals surface area contributed by atoms with Gasteiger partial charge in [-0.3, -0.25) is 0 Å². The minimum atomic E-state index is 0.300. The van der Waals surface area contributed by atoms with E-state index in [0.717, 1.165) is 38.2 Å². The predicted molar refractivity (Wildman–Crippen MR) is 127 cm³/mol. The lowest BCUT2D eigenvalue weighted by Gasteiger charge is -2.16. The third-order valence-corrected chi connectivity index (χ3v) is 6.08. The summed E-state index contributed by atoms with van der Waals surface area (Å²) in [4.78, 5) is 0. The second-order valence-electron chi connectivity index (χ2n) is 6.95. The van der Waals surface area contributed by atoms with Gasteiger partial charge >= 0.3 is 0 Å². The summed E-state index contributed by atoms with van der Waals surface area (Å²) in [5, 5.41) is 7.76. The molecule has 0 atom stereocenters. The van der Waals surface area contributed by atoms with E-state index in [9.17, 15) is 0 Å². The predicted octanol–water partition coefficient (Wildman–Crippen LogP) is 7.67. The molecule has 2 nitrogen and oxygen atoms in total. The summed E-state index contributed by atoms with van der Waals surface area (Å²) < 4.78 is 6.18. The highest BCUT2D eigenvalue weighted by molar-refractivity contribution is 6.36. The SMILES string of the molecule is Clc1ccccc1CNCc1c(OCc2c(Cl)cccc2Cl)ccc2ccccc12. The van der Waals surface area contributed by atoms with Crippen molar-refractivity contribution in [2.75, 3.05) is 0 Å². The van der Waals surface area contributed by atoms with Gasteiger partial charge in [-0.1, -0.05) is 89.4 Å². The molecule has 0 radical (unpaired) electrons. The van der Waals surface area contributed by atoms with Gasteiger partial charge in [0.15, 0.2) is 0 Å². The molecule has 1 N–H and O–H groups in total. The minimum absolute atomic E-state index is 0.300. The van der Waals surface area contributed by atoms with E-state index < -0.39 is 0 Å². The number of hydrogen-bond acceptors (Lipinski definition) is 2. The molecule has 0 heterocycles. The Hall–Kier alpha value is -2.23. The zero-order chi connectivity index (χ0) is 20.9. The Labute approximate surface area is 191 Å². The van der Waals surface area contributed by atoms with Crippen LogP contribution in [0.25, 0.3) is 10.8 Å². The Morgan fingerprint density at radius 2 is 1.33 bits per heavy atom. The van der Waals surface area contributed by atoms with Crippen LogP contribution in [-0.4, -0.2) is 0 Å². The summed E-state index contributed by atoms with van der Waals surface area (Å²) in [6.45, 7) is 1.60. The van der Waals surface area contributed by atoms with E-state index in [1.54, 1.807) is 0 Å². The Bertz CT molecular complexity index is 1160. The first kappa shape index (κ1) is 21.0. The molecule has 4 rings (SSSR count). The van der Waals surface area contributed by atoms with Crippen molar-refractivity contribution >= 4 is 45.6 Å². The second kappa shape index (κ2) is 9.72. The van der Waals surface area contributed by atoms with Gasteiger partial charge in [0, 0.05) is 39.3 Å². The van der Waals surface area contributed by atoms with Crippen LogP contribution in [0.1, 0.15) is 16.7 Å². The number of halogens is 3. The molecule has 0 fully saturated rings. The van der Waals surface area contributed by atoms with Crippen molar-refractivity contribution in [1.29, 1.82) is 0 Å². The summed E-state index contributed by atoms with van der Waals surface area (Å²) in [5.74, 6) is 0.802. The third kappa shape index (κ3) is 4.74. The number of ether oxygens (including phenoxy) is 1. The summed E-state index contributed by atoms with van der Waals surface area (Å²) >= 11 is 18.9. The topological polar surface area (TPSA) is 21.3 Å². The van der Waals surface area contributed by atoms with Gasteiger partial charge in [-0.15, -0.1) is 0 Å². The highest BCUT2D eigenvalue weighted by Crippen LogP contribution is 2.31. The van der Waals surface area contributed by atoms with Crippen LogP contribution in [-0.2, 0) is 19.7 Å². The van der Waals surface area contributed by atoms with Crippen molar-refractivity contribution in [3.63, 3.8) is 0 Å². The van der Waals surface area contributed by atoms with Crippen LogP contribution in [0, 0.1) is 0 Å². The standard InChI is InChI=1S/C25H20Cl3NO/c26-22-9-4-2-7-18(22)14-29-15-20-19-8-3-1-6-17(19)12-13-25(20)30-16-21-23(27)10-5-11-24(21)28/h1-13,29H,14-16H2. The largest absolute Gasteiger partial charge is 0.488 e. The lowest BCUT2D eigenvalue weighted by Crippen LogP contribution is -2.14. The van der Waals surface area contributed by atoms with Crippen LogP contribution in [0.5, 0.6) is 5.75 Å². The lowest BCUT2D eigenvalue weighted by molar-refractivity contribution is 0.303. The summed E-state index contributed by atoms with van der Waals surface area (Å²) in [6.07, 6.45) is 0. The first-order chi connectivity index (χ1) is 14.6. The zero-order valence-electron chi connectivity index (χ0n) is 16.2. The average molecular weight is 457 g/mol. The minimum Gasteiger partial charge on any atom is -0.488 e. The van der Waals surface area contributed by atoms with E-state index in [4.69, 9.17) is 39.5 Å². The number of hydrogen-bond donors (Lipinski definition) is 1. The van der Waals surface area contributed by atoms with Crippen molar-refractivity contribution in [3.8, 4) is 5.75 Å². The molecule has 0 aliphatic carbocycles. The fourth-order valence-electron chi connectivity index (χ4n) is 3.42. The van der Waals surface area contributed by atoms with E-state index in [2.05, 4.69) is 23.5 Å². The Kier molecular flexibility index (Phi) is 6.81. The molecule has 5 heteroatoms. The highest BCUT2D eigenvalue weighted by Gasteiger charge is 2.12. The molecule has 30 heavy (non-hydrogen) atoms. The molecule has 0 unspecified atom stereocenters. The Balaban J connectivity index is 1.59. The number of nitrogens with one attached hydrogen (secondary N) is 1. The fraction of sp³-hybridized carbons (Fsp3) is 0.120. The summed E-state index contributed by atoms with van der Waals surface area (Å²) in [7, 11) is 0. The molecule has 152 valence electrons. The summed E-state index contributed by atoms with van der Waals surface area (Å²) in [6, 6.07) is 25.7. The molecule has 0 amide bonds. The van der Waals surface area contributed by atoms with Crippen molar-refractivity contribution in [1.82, 2.24) is 5.32 Å². The van der Waals surface area contributed by atoms with Crippen molar-refractivity contribution in [3.05, 3.63) is 111 Å². The van der Waals surface area contributed by atoms with Crippen LogP contribution in [0.4, 0.5) is 0 Å². The van der Waals surface area contributed by atoms with E-state index in [-0.39, 0.29) is 0 Å². The maximum absolute atomic E-state index is 6.31. The molecule has 4 aromatic rings. The van der Waals surface area contributed by atoms with Crippen molar-refractivity contribution < 1.29 is 4.74 Å². The number of fused-ring (bicyclic) bond motifs is 1. The van der Waals surface area contributed by atoms with Crippen LogP contribution >= 0.6 is 34.8 Å². The van der Waals surface area contributed by atoms with Crippen LogP contribution in [0.3, 0.4) is 0 Å². The first-order valence-electron chi connectivity index (χ1n) is 9.64. The Morgan fingerprint density at radius 1 is 0.633 bits per heavy atom. The van der Waals surface area contributed by atoms with Gasteiger partial charge in [-0.25, -0.2) is 0 Å². The van der Waals surface area contributed by atoms with Crippen molar-refractivity contribution in [2.24, 2.45) is 0 Å².